The van der Waals surface area contributed by atoms with Crippen LogP contribution in [-0.2, 0) is 4.79 Å². The van der Waals surface area contributed by atoms with Gasteiger partial charge >= 0.3 is 6.18 Å². The number of nitrogens with one attached hydrogen (secondary N) is 3. The van der Waals surface area contributed by atoms with Gasteiger partial charge in [-0.2, -0.15) is 13.2 Å². The van der Waals surface area contributed by atoms with Crippen molar-refractivity contribution in [2.24, 2.45) is 0 Å². The van der Waals surface area contributed by atoms with Crippen LogP contribution in [-0.4, -0.2) is 44.6 Å². The van der Waals surface area contributed by atoms with Crippen LogP contribution in [0.5, 0.6) is 0 Å². The predicted molar refractivity (Wildman–Crippen MR) is 103 cm³/mol. The second kappa shape index (κ2) is 8.01. The van der Waals surface area contributed by atoms with Crippen LogP contribution in [0.25, 0.3) is 22.4 Å². The maximum atomic E-state index is 12.3. The van der Waals surface area contributed by atoms with Gasteiger partial charge in [0.15, 0.2) is 5.82 Å². The molecule has 0 fully saturated rings. The van der Waals surface area contributed by atoms with E-state index in [-0.39, 0.29) is 9.27 Å². The summed E-state index contributed by atoms with van der Waals surface area (Å²) in [5.41, 5.74) is 1.27. The number of aromatic nitrogens is 4. The van der Waals surface area contributed by atoms with Crippen molar-refractivity contribution in [1.29, 1.82) is 0 Å². The molecule has 0 radical (unpaired) electrons. The van der Waals surface area contributed by atoms with Crippen LogP contribution >= 0.6 is 11.6 Å². The molecule has 0 aliphatic rings. The Morgan fingerprint density at radius 2 is 2.18 bits per heavy atom. The first-order valence-electron chi connectivity index (χ1n) is 8.34. The monoisotopic (exact) mass is 416 g/mol. The lowest BCUT2D eigenvalue weighted by Crippen LogP contribution is -2.43. The zero-order valence-electron chi connectivity index (χ0n) is 14.6. The molecule has 0 aromatic carbocycles. The first-order valence-corrected chi connectivity index (χ1v) is 8.71. The molecule has 3 rings (SSSR count). The van der Waals surface area contributed by atoms with Gasteiger partial charge in [0.1, 0.15) is 24.1 Å². The number of carbonyl (C=O) groups is 1. The van der Waals surface area contributed by atoms with Gasteiger partial charge in [0.05, 0.1) is 5.02 Å². The Hall–Kier alpha value is -2.88. The van der Waals surface area contributed by atoms with Gasteiger partial charge in [-0.1, -0.05) is 18.5 Å². The number of hydrogen-bond donors (Lipinski definition) is 3. The summed E-state index contributed by atoms with van der Waals surface area (Å²) in [4.78, 5) is 27.7. The fourth-order valence-electron chi connectivity index (χ4n) is 2.57. The molecule has 0 saturated carbocycles. The van der Waals surface area contributed by atoms with E-state index in [2.05, 4.69) is 25.3 Å². The molecule has 3 N–H and O–H groups in total. The van der Waals surface area contributed by atoms with Crippen molar-refractivity contribution in [1.82, 2.24) is 25.3 Å². The summed E-state index contributed by atoms with van der Waals surface area (Å²) >= 11 is 6.00. The molecule has 1 amide bonds. The maximum absolute atomic E-state index is 12.3. The third-order valence-electron chi connectivity index (χ3n) is 3.90. The molecule has 0 spiro atoms. The van der Waals surface area contributed by atoms with Gasteiger partial charge in [0.2, 0.25) is 5.91 Å². The molecule has 0 saturated heterocycles. The summed E-state index contributed by atoms with van der Waals surface area (Å²) in [5.74, 6) is -0.0997. The number of anilines is 1. The minimum Gasteiger partial charge on any atom is -0.358 e. The van der Waals surface area contributed by atoms with E-state index in [4.69, 9.17) is 11.6 Å². The van der Waals surface area contributed by atoms with E-state index in [1.165, 1.54) is 18.5 Å². The van der Waals surface area contributed by atoms with E-state index in [1.807, 2.05) is 5.32 Å². The Morgan fingerprint density at radius 1 is 1.39 bits per heavy atom. The lowest BCUT2D eigenvalue weighted by atomic mass is 10.2. The van der Waals surface area contributed by atoms with E-state index < -0.39 is 24.7 Å². The van der Waals surface area contributed by atoms with E-state index >= 15 is 0 Å². The molecule has 7 nitrogen and oxygen atoms in total. The van der Waals surface area contributed by atoms with Crippen LogP contribution in [0.3, 0.4) is 0 Å². The van der Waals surface area contributed by atoms with Gasteiger partial charge in [-0.3, -0.25) is 4.79 Å². The Morgan fingerprint density at radius 3 is 2.89 bits per heavy atom. The number of carbonyl (C=O) groups excluding carboxylic acids is 1. The van der Waals surface area contributed by atoms with E-state index in [0.29, 0.717) is 27.9 Å². The van der Waals surface area contributed by atoms with Crippen molar-refractivity contribution in [2.45, 2.75) is 25.6 Å². The van der Waals surface area contributed by atoms with Crippen molar-refractivity contribution in [3.05, 3.63) is 35.7 Å². The molecule has 3 aromatic rings. The van der Waals surface area contributed by atoms with Crippen LogP contribution in [0.2, 0.25) is 5.02 Å². The van der Waals surface area contributed by atoms with Crippen LogP contribution in [0, 0.1) is 0 Å². The Kier molecular flexibility index (Phi) is 5.68. The van der Waals surface area contributed by atoms with E-state index in [1.54, 1.807) is 19.2 Å². The van der Waals surface area contributed by atoms with Crippen molar-refractivity contribution >= 4 is 34.4 Å². The molecular formula is C17H20ClF3N6O. The van der Waals surface area contributed by atoms with E-state index in [0.717, 1.165) is 5.39 Å². The second-order valence-corrected chi connectivity index (χ2v) is 6.39. The average molecular weight is 417 g/mol. The normalized spacial score (nSPS) is 12.8. The summed E-state index contributed by atoms with van der Waals surface area (Å²) in [6.07, 6.45) is 0.479. The van der Waals surface area contributed by atoms with Gasteiger partial charge in [-0.05, 0) is 18.6 Å². The number of amides is 1. The number of hydrogen-bond acceptors (Lipinski definition) is 5. The highest BCUT2D eigenvalue weighted by molar-refractivity contribution is 6.31. The Balaban J connectivity index is 0.00000225. The highest BCUT2D eigenvalue weighted by Gasteiger charge is 2.29. The van der Waals surface area contributed by atoms with Crippen molar-refractivity contribution in [3.8, 4) is 11.4 Å². The molecule has 28 heavy (non-hydrogen) atoms. The molecule has 0 aliphatic carbocycles. The topological polar surface area (TPSA) is 95.6 Å². The first-order chi connectivity index (χ1) is 13.3. The summed E-state index contributed by atoms with van der Waals surface area (Å²) in [5, 5.41) is 5.89. The average Bonchev–Trinajstić information content (AvgIpc) is 3.07. The van der Waals surface area contributed by atoms with Crippen LogP contribution in [0.15, 0.2) is 30.7 Å². The minimum atomic E-state index is -4.47. The lowest BCUT2D eigenvalue weighted by Gasteiger charge is -2.18. The van der Waals surface area contributed by atoms with Gasteiger partial charge in [-0.25, -0.2) is 15.0 Å². The predicted octanol–water partition coefficient (Wildman–Crippen LogP) is 4.03. The van der Waals surface area contributed by atoms with Gasteiger partial charge < -0.3 is 15.6 Å². The number of nitrogens with zero attached hydrogens (tertiary/aromatic N) is 3. The first kappa shape index (κ1) is 19.9. The fraction of sp³-hybridized carbons (Fsp3) is 0.294. The summed E-state index contributed by atoms with van der Waals surface area (Å²) in [7, 11) is 0. The van der Waals surface area contributed by atoms with Gasteiger partial charge in [-0.15, -0.1) is 0 Å². The van der Waals surface area contributed by atoms with Crippen molar-refractivity contribution in [3.63, 3.8) is 0 Å². The molecule has 0 aliphatic heterocycles. The minimum absolute atomic E-state index is 0. The number of halogens is 4. The molecular weight excluding hydrogens is 397 g/mol. The van der Waals surface area contributed by atoms with Crippen LogP contribution in [0.4, 0.5) is 19.0 Å². The second-order valence-electron chi connectivity index (χ2n) is 5.96. The standard InChI is InChI=1S/C17H16ClF3N6O.2H2/c1-2-12(16(28)25-8-17(19,20)21)26-13-3-4-22-15(27-13)11-7-24-14-10(11)5-9(18)6-23-14;;/h3-7,12H,2,8H2,1H3,(H,23,24)(H,25,28)(H,22,26,27);2*1H/t12-;;/m1../s1. The van der Waals surface area contributed by atoms with E-state index in [9.17, 15) is 18.0 Å². The number of alkyl halides is 3. The maximum Gasteiger partial charge on any atom is 0.405 e. The van der Waals surface area contributed by atoms with Crippen molar-refractivity contribution in [2.75, 3.05) is 11.9 Å². The number of rotatable bonds is 6. The molecule has 0 bridgehead atoms. The summed E-state index contributed by atoms with van der Waals surface area (Å²) < 4.78 is 36.9. The quantitative estimate of drug-likeness (QED) is 0.563. The number of pyridine rings is 1. The van der Waals surface area contributed by atoms with Crippen molar-refractivity contribution < 1.29 is 20.8 Å². The van der Waals surface area contributed by atoms with Crippen LogP contribution < -0.4 is 10.6 Å². The number of aromatic amines is 1. The SMILES string of the molecule is CC[C@@H](Nc1ccnc(-c2c[nH]c3ncc(Cl)cc23)n1)C(=O)NCC(F)(F)F.[HH].[HH]. The molecule has 3 heterocycles. The lowest BCUT2D eigenvalue weighted by molar-refractivity contribution is -0.138. The van der Waals surface area contributed by atoms with Crippen LogP contribution in [0.1, 0.15) is 16.2 Å². The smallest absolute Gasteiger partial charge is 0.358 e. The van der Waals surface area contributed by atoms with Gasteiger partial charge in [0, 0.05) is 32.4 Å². The molecule has 1 atom stereocenters. The zero-order valence-corrected chi connectivity index (χ0v) is 15.4. The molecule has 152 valence electrons. The van der Waals surface area contributed by atoms with Gasteiger partial charge in [0.25, 0.3) is 0 Å². The number of fused-ring (bicyclic) bond motifs is 1. The number of H-pyrrole nitrogens is 1. The third-order valence-corrected chi connectivity index (χ3v) is 4.11. The fourth-order valence-corrected chi connectivity index (χ4v) is 2.73. The summed E-state index contributed by atoms with van der Waals surface area (Å²) in [6, 6.07) is 2.38. The summed E-state index contributed by atoms with van der Waals surface area (Å²) in [6.45, 7) is 0.294. The third kappa shape index (κ3) is 4.69. The molecule has 11 heteroatoms. The molecule has 0 unspecified atom stereocenters. The zero-order chi connectivity index (χ0) is 20.3. The molecule has 3 aromatic heterocycles. The Bertz CT molecular complexity index is 1000. The highest BCUT2D eigenvalue weighted by atomic mass is 35.5. The Labute approximate surface area is 165 Å². The largest absolute Gasteiger partial charge is 0.405 e. The highest BCUT2D eigenvalue weighted by Crippen LogP contribution is 2.27.